The zero-order valence-corrected chi connectivity index (χ0v) is 24.9. The number of rotatable bonds is 8. The normalized spacial score (nSPS) is 19.3. The third-order valence-electron chi connectivity index (χ3n) is 8.42. The van der Waals surface area contributed by atoms with Gasteiger partial charge in [-0.2, -0.15) is 4.31 Å². The van der Waals surface area contributed by atoms with E-state index in [1.54, 1.807) is 48.5 Å². The summed E-state index contributed by atoms with van der Waals surface area (Å²) in [6, 6.07) is 26.1. The van der Waals surface area contributed by atoms with Crippen molar-refractivity contribution in [1.82, 2.24) is 4.31 Å². The van der Waals surface area contributed by atoms with E-state index in [1.807, 2.05) is 30.3 Å². The van der Waals surface area contributed by atoms with E-state index in [9.17, 15) is 28.1 Å². The molecule has 12 heteroatoms. The first-order valence-electron chi connectivity index (χ1n) is 14.3. The lowest BCUT2D eigenvalue weighted by Gasteiger charge is -2.54. The van der Waals surface area contributed by atoms with Crippen LogP contribution < -0.4 is 0 Å². The lowest BCUT2D eigenvalue weighted by molar-refractivity contribution is -0.387. The predicted molar refractivity (Wildman–Crippen MR) is 169 cm³/mol. The van der Waals surface area contributed by atoms with E-state index in [1.165, 1.54) is 12.1 Å². The molecule has 0 radical (unpaired) electrons. The van der Waals surface area contributed by atoms with E-state index in [0.717, 1.165) is 22.0 Å². The Morgan fingerprint density at radius 1 is 0.804 bits per heavy atom. The molecule has 3 atom stereocenters. The van der Waals surface area contributed by atoms with Crippen LogP contribution in [0.3, 0.4) is 0 Å². The summed E-state index contributed by atoms with van der Waals surface area (Å²) in [5.41, 5.74) is 11.3. The SMILES string of the molecule is [N-]=[N+]=NC[C@H]1[C@@H](c2ccc(C#Cc3ccccc3)cc2)[C@@H](CC2C(=O)c3ccccc3C2=O)N1S(=O)(=O)c1ccccc1[N+](=O)[O-]. The van der Waals surface area contributed by atoms with E-state index in [4.69, 9.17) is 5.53 Å². The van der Waals surface area contributed by atoms with Crippen LogP contribution in [0, 0.1) is 27.9 Å². The Bertz CT molecular complexity index is 2050. The summed E-state index contributed by atoms with van der Waals surface area (Å²) in [5, 5.41) is 15.5. The van der Waals surface area contributed by atoms with Crippen molar-refractivity contribution in [3.05, 3.63) is 152 Å². The molecule has 0 spiro atoms. The first kappa shape index (κ1) is 30.4. The zero-order valence-electron chi connectivity index (χ0n) is 24.1. The summed E-state index contributed by atoms with van der Waals surface area (Å²) in [6.45, 7) is -0.278. The minimum Gasteiger partial charge on any atom is -0.293 e. The fourth-order valence-corrected chi connectivity index (χ4v) is 8.35. The maximum absolute atomic E-state index is 14.2. The lowest BCUT2D eigenvalue weighted by Crippen LogP contribution is -2.66. The topological polar surface area (TPSA) is 163 Å². The molecule has 4 aromatic carbocycles. The van der Waals surface area contributed by atoms with Crippen molar-refractivity contribution in [2.24, 2.45) is 11.0 Å². The van der Waals surface area contributed by atoms with Crippen molar-refractivity contribution in [3.8, 4) is 11.8 Å². The number of azide groups is 1. The van der Waals surface area contributed by atoms with E-state index < -0.39 is 61.0 Å². The standard InChI is InChI=1S/C34H25N5O6S/c35-37-36-21-30-32(24-18-16-23(17-19-24)15-14-22-8-2-1-3-9-22)29(20-27-33(40)25-10-4-5-11-26(25)34(27)41)38(30)46(44,45)31-13-7-6-12-28(31)39(42)43/h1-13,16-19,27,29-30,32H,20-21H2/t29-,30+,32+/m1/s1. The molecular formula is C34H25N5O6S. The van der Waals surface area contributed by atoms with Crippen LogP contribution in [-0.2, 0) is 10.0 Å². The zero-order chi connectivity index (χ0) is 32.4. The monoisotopic (exact) mass is 631 g/mol. The summed E-state index contributed by atoms with van der Waals surface area (Å²) in [5.74, 6) is 3.61. The smallest absolute Gasteiger partial charge is 0.289 e. The van der Waals surface area contributed by atoms with Gasteiger partial charge in [0.2, 0.25) is 10.0 Å². The Balaban J connectivity index is 1.42. The van der Waals surface area contributed by atoms with Gasteiger partial charge in [-0.3, -0.25) is 19.7 Å². The fraction of sp³-hybridized carbons (Fsp3) is 0.176. The molecule has 6 rings (SSSR count). The first-order valence-corrected chi connectivity index (χ1v) is 15.8. The Morgan fingerprint density at radius 2 is 1.37 bits per heavy atom. The fourth-order valence-electron chi connectivity index (χ4n) is 6.34. The highest BCUT2D eigenvalue weighted by Gasteiger charge is 2.57. The van der Waals surface area contributed by atoms with Gasteiger partial charge in [0, 0.05) is 57.8 Å². The number of nitro benzene ring substituents is 1. The second-order valence-electron chi connectivity index (χ2n) is 10.9. The number of nitrogens with zero attached hydrogens (tertiary/aromatic N) is 5. The highest BCUT2D eigenvalue weighted by molar-refractivity contribution is 7.89. The largest absolute Gasteiger partial charge is 0.293 e. The number of ketones is 2. The highest BCUT2D eigenvalue weighted by Crippen LogP contribution is 2.49. The average molecular weight is 632 g/mol. The van der Waals surface area contributed by atoms with Gasteiger partial charge in [-0.05, 0) is 47.8 Å². The molecule has 46 heavy (non-hydrogen) atoms. The van der Waals surface area contributed by atoms with Crippen molar-refractivity contribution in [1.29, 1.82) is 0 Å². The van der Waals surface area contributed by atoms with Crippen LogP contribution in [0.1, 0.15) is 49.7 Å². The van der Waals surface area contributed by atoms with Crippen LogP contribution in [-0.4, -0.2) is 47.8 Å². The molecule has 1 saturated heterocycles. The molecule has 0 saturated carbocycles. The van der Waals surface area contributed by atoms with Crippen LogP contribution in [0.4, 0.5) is 5.69 Å². The van der Waals surface area contributed by atoms with Crippen LogP contribution in [0.5, 0.6) is 0 Å². The van der Waals surface area contributed by atoms with Crippen LogP contribution in [0.2, 0.25) is 0 Å². The summed E-state index contributed by atoms with van der Waals surface area (Å²) >= 11 is 0. The third kappa shape index (κ3) is 5.44. The predicted octanol–water partition coefficient (Wildman–Crippen LogP) is 5.92. The maximum atomic E-state index is 14.2. The summed E-state index contributed by atoms with van der Waals surface area (Å²) in [7, 11) is -4.58. The third-order valence-corrected chi connectivity index (χ3v) is 10.4. The van der Waals surface area contributed by atoms with Gasteiger partial charge in [0.1, 0.15) is 0 Å². The molecular weight excluding hydrogens is 606 g/mol. The molecule has 0 amide bonds. The minimum absolute atomic E-state index is 0.167. The average Bonchev–Trinajstić information content (AvgIpc) is 3.30. The van der Waals surface area contributed by atoms with Gasteiger partial charge in [0.15, 0.2) is 16.5 Å². The van der Waals surface area contributed by atoms with Gasteiger partial charge in [-0.15, -0.1) is 0 Å². The van der Waals surface area contributed by atoms with Crippen LogP contribution in [0.25, 0.3) is 10.4 Å². The van der Waals surface area contributed by atoms with Crippen molar-refractivity contribution in [2.45, 2.75) is 29.3 Å². The van der Waals surface area contributed by atoms with Crippen molar-refractivity contribution >= 4 is 27.3 Å². The summed E-state index contributed by atoms with van der Waals surface area (Å²) < 4.78 is 29.5. The van der Waals surface area contributed by atoms with E-state index in [-0.39, 0.29) is 24.1 Å². The lowest BCUT2D eigenvalue weighted by atomic mass is 9.73. The van der Waals surface area contributed by atoms with Crippen molar-refractivity contribution in [3.63, 3.8) is 0 Å². The molecule has 0 unspecified atom stereocenters. The molecule has 228 valence electrons. The number of fused-ring (bicyclic) bond motifs is 1. The van der Waals surface area contributed by atoms with E-state index in [0.29, 0.717) is 11.1 Å². The summed E-state index contributed by atoms with van der Waals surface area (Å²) in [4.78, 5) is 40.2. The molecule has 11 nitrogen and oxygen atoms in total. The highest BCUT2D eigenvalue weighted by atomic mass is 32.2. The molecule has 1 aliphatic heterocycles. The first-order chi connectivity index (χ1) is 22.2. The van der Waals surface area contributed by atoms with Gasteiger partial charge in [-0.1, -0.05) is 83.7 Å². The van der Waals surface area contributed by atoms with Crippen molar-refractivity contribution < 1.29 is 22.9 Å². The minimum atomic E-state index is -4.58. The Labute approximate surface area is 264 Å². The molecule has 1 heterocycles. The number of para-hydroxylation sites is 1. The van der Waals surface area contributed by atoms with Crippen LogP contribution >= 0.6 is 0 Å². The van der Waals surface area contributed by atoms with Gasteiger partial charge < -0.3 is 0 Å². The number of carbonyl (C=O) groups is 2. The quantitative estimate of drug-likeness (QED) is 0.0446. The number of Topliss-reactive ketones (excluding diaryl/α,β-unsaturated/α-hetero) is 2. The maximum Gasteiger partial charge on any atom is 0.289 e. The Kier molecular flexibility index (Phi) is 8.21. The van der Waals surface area contributed by atoms with Gasteiger partial charge in [-0.25, -0.2) is 8.42 Å². The van der Waals surface area contributed by atoms with Crippen LogP contribution in [0.15, 0.2) is 113 Å². The van der Waals surface area contributed by atoms with Gasteiger partial charge >= 0.3 is 0 Å². The van der Waals surface area contributed by atoms with Crippen molar-refractivity contribution in [2.75, 3.05) is 6.54 Å². The second-order valence-corrected chi connectivity index (χ2v) is 12.7. The second kappa shape index (κ2) is 12.4. The number of hydrogen-bond donors (Lipinski definition) is 0. The summed E-state index contributed by atoms with van der Waals surface area (Å²) in [6.07, 6.45) is -0.167. The molecule has 0 N–H and O–H groups in total. The molecule has 2 aliphatic rings. The number of benzene rings is 4. The van der Waals surface area contributed by atoms with Gasteiger partial charge in [0.05, 0.1) is 10.8 Å². The molecule has 1 aliphatic carbocycles. The molecule has 0 aromatic heterocycles. The molecule has 0 bridgehead atoms. The number of sulfonamides is 1. The number of hydrogen-bond acceptors (Lipinski definition) is 7. The molecule has 4 aromatic rings. The number of nitro groups is 1. The number of carbonyl (C=O) groups excluding carboxylic acids is 2. The van der Waals surface area contributed by atoms with E-state index in [2.05, 4.69) is 21.9 Å². The van der Waals surface area contributed by atoms with E-state index >= 15 is 0 Å². The Morgan fingerprint density at radius 3 is 1.98 bits per heavy atom. The molecule has 1 fully saturated rings. The van der Waals surface area contributed by atoms with Gasteiger partial charge in [0.25, 0.3) is 5.69 Å². The Hall–Kier alpha value is -5.60.